The molecule has 4 rings (SSSR count). The molecule has 0 spiro atoms. The fourth-order valence-corrected chi connectivity index (χ4v) is 4.42. The molecule has 0 unspecified atom stereocenters. The molecule has 0 aliphatic heterocycles. The smallest absolute Gasteiger partial charge is 0.215 e. The van der Waals surface area contributed by atoms with Crippen LogP contribution in [0.2, 0.25) is 0 Å². The van der Waals surface area contributed by atoms with Crippen LogP contribution in [0, 0.1) is 0 Å². The first-order valence-electron chi connectivity index (χ1n) is 12.0. The second-order valence-corrected chi connectivity index (χ2v) is 8.70. The summed E-state index contributed by atoms with van der Waals surface area (Å²) in [5, 5.41) is 17.3. The van der Waals surface area contributed by atoms with Crippen molar-refractivity contribution in [2.75, 3.05) is 32.7 Å². The molecule has 7 heteroatoms. The van der Waals surface area contributed by atoms with Gasteiger partial charge in [0.25, 0.3) is 0 Å². The molecule has 35 heavy (non-hydrogen) atoms. The number of benzene rings is 2. The Labute approximate surface area is 206 Å². The standard InChI is InChI=1S/C28H33N3O4/c1-7-29-27-18(11-17-12-19(35-8-2)9-10-23(17)30-27)13-22-20-14-24(33-5)25(34-6)15-21(20)26(16(3)4)31-28(22)32/h9-12,14-16H,7-8,13H2,1-6H3,(H,29,30)(H,31,32). The quantitative estimate of drug-likeness (QED) is 0.305. The highest BCUT2D eigenvalue weighted by Gasteiger charge is 2.20. The van der Waals surface area contributed by atoms with Crippen molar-refractivity contribution in [2.45, 2.75) is 40.0 Å². The highest BCUT2D eigenvalue weighted by molar-refractivity contribution is 5.93. The van der Waals surface area contributed by atoms with E-state index in [1.165, 1.54) is 0 Å². The lowest BCUT2D eigenvalue weighted by Crippen LogP contribution is -2.06. The summed E-state index contributed by atoms with van der Waals surface area (Å²) < 4.78 is 16.8. The van der Waals surface area contributed by atoms with E-state index in [1.54, 1.807) is 14.2 Å². The van der Waals surface area contributed by atoms with Crippen LogP contribution in [0.4, 0.5) is 5.82 Å². The minimum atomic E-state index is 0.0130. The number of fused-ring (bicyclic) bond motifs is 2. The number of nitrogens with one attached hydrogen (secondary N) is 1. The van der Waals surface area contributed by atoms with E-state index in [1.807, 2.05) is 44.2 Å². The average Bonchev–Trinajstić information content (AvgIpc) is 2.85. The summed E-state index contributed by atoms with van der Waals surface area (Å²) in [6, 6.07) is 11.9. The maximum absolute atomic E-state index is 11.1. The Morgan fingerprint density at radius 3 is 2.29 bits per heavy atom. The van der Waals surface area contributed by atoms with Crippen molar-refractivity contribution in [3.8, 4) is 23.1 Å². The zero-order chi connectivity index (χ0) is 25.1. The predicted molar refractivity (Wildman–Crippen MR) is 140 cm³/mol. The number of pyridine rings is 2. The second-order valence-electron chi connectivity index (χ2n) is 8.70. The maximum atomic E-state index is 11.1. The third-order valence-corrected chi connectivity index (χ3v) is 6.06. The van der Waals surface area contributed by atoms with Gasteiger partial charge in [-0.15, -0.1) is 0 Å². The molecule has 2 N–H and O–H groups in total. The van der Waals surface area contributed by atoms with Crippen LogP contribution in [0.1, 0.15) is 50.4 Å². The van der Waals surface area contributed by atoms with Gasteiger partial charge in [0.2, 0.25) is 5.88 Å². The molecule has 2 aromatic heterocycles. The van der Waals surface area contributed by atoms with Crippen molar-refractivity contribution >= 4 is 27.5 Å². The molecule has 4 aromatic rings. The number of aromatic hydroxyl groups is 1. The van der Waals surface area contributed by atoms with Gasteiger partial charge >= 0.3 is 0 Å². The number of nitrogens with zero attached hydrogens (tertiary/aromatic N) is 2. The van der Waals surface area contributed by atoms with Crippen LogP contribution in [-0.2, 0) is 6.42 Å². The van der Waals surface area contributed by atoms with Crippen molar-refractivity contribution < 1.29 is 19.3 Å². The molecule has 0 saturated heterocycles. The molecule has 0 aliphatic carbocycles. The van der Waals surface area contributed by atoms with Gasteiger partial charge in [-0.3, -0.25) is 0 Å². The summed E-state index contributed by atoms with van der Waals surface area (Å²) in [6.07, 6.45) is 0.438. The minimum Gasteiger partial charge on any atom is -0.494 e. The monoisotopic (exact) mass is 475 g/mol. The van der Waals surface area contributed by atoms with Crippen LogP contribution in [0.15, 0.2) is 36.4 Å². The van der Waals surface area contributed by atoms with Gasteiger partial charge in [0.15, 0.2) is 11.5 Å². The van der Waals surface area contributed by atoms with Gasteiger partial charge in [-0.05, 0) is 67.1 Å². The van der Waals surface area contributed by atoms with Crippen molar-refractivity contribution in [3.63, 3.8) is 0 Å². The first kappa shape index (κ1) is 24.4. The zero-order valence-corrected chi connectivity index (χ0v) is 21.2. The number of rotatable bonds is 9. The Kier molecular flexibility index (Phi) is 7.15. The molecule has 0 radical (unpaired) electrons. The minimum absolute atomic E-state index is 0.0130. The third kappa shape index (κ3) is 4.76. The van der Waals surface area contributed by atoms with Crippen LogP contribution >= 0.6 is 0 Å². The largest absolute Gasteiger partial charge is 0.494 e. The zero-order valence-electron chi connectivity index (χ0n) is 21.2. The summed E-state index contributed by atoms with van der Waals surface area (Å²) in [7, 11) is 3.23. The average molecular weight is 476 g/mol. The summed E-state index contributed by atoms with van der Waals surface area (Å²) in [5.74, 6) is 2.95. The van der Waals surface area contributed by atoms with E-state index in [-0.39, 0.29) is 11.8 Å². The Hall–Kier alpha value is -3.74. The lowest BCUT2D eigenvalue weighted by atomic mass is 9.94. The molecule has 7 nitrogen and oxygen atoms in total. The molecule has 0 amide bonds. The van der Waals surface area contributed by atoms with Gasteiger partial charge in [0.1, 0.15) is 11.6 Å². The van der Waals surface area contributed by atoms with E-state index in [4.69, 9.17) is 19.2 Å². The normalized spacial score (nSPS) is 11.3. The number of ether oxygens (including phenoxy) is 3. The van der Waals surface area contributed by atoms with Gasteiger partial charge < -0.3 is 24.6 Å². The Morgan fingerprint density at radius 1 is 0.943 bits per heavy atom. The predicted octanol–water partition coefficient (Wildman–Crippen LogP) is 6.05. The number of methoxy groups -OCH3 is 2. The van der Waals surface area contributed by atoms with Crippen molar-refractivity contribution in [1.29, 1.82) is 0 Å². The van der Waals surface area contributed by atoms with E-state index in [2.05, 4.69) is 30.2 Å². The first-order chi connectivity index (χ1) is 16.9. The van der Waals surface area contributed by atoms with Crippen molar-refractivity contribution in [2.24, 2.45) is 0 Å². The lowest BCUT2D eigenvalue weighted by Gasteiger charge is -2.18. The Bertz CT molecular complexity index is 1370. The summed E-state index contributed by atoms with van der Waals surface area (Å²) in [6.45, 7) is 9.45. The van der Waals surface area contributed by atoms with E-state index in [0.29, 0.717) is 30.1 Å². The van der Waals surface area contributed by atoms with Crippen LogP contribution in [0.25, 0.3) is 21.7 Å². The maximum Gasteiger partial charge on any atom is 0.215 e. The highest BCUT2D eigenvalue weighted by Crippen LogP contribution is 2.40. The third-order valence-electron chi connectivity index (χ3n) is 6.06. The topological polar surface area (TPSA) is 85.7 Å². The summed E-state index contributed by atoms with van der Waals surface area (Å²) in [4.78, 5) is 9.47. The van der Waals surface area contributed by atoms with E-state index < -0.39 is 0 Å². The SMILES string of the molecule is CCNc1nc2ccc(OCC)cc2cc1Cc1c(O)nc(C(C)C)c2cc(OC)c(OC)cc12. The lowest BCUT2D eigenvalue weighted by molar-refractivity contribution is 0.340. The number of hydrogen-bond donors (Lipinski definition) is 2. The van der Waals surface area contributed by atoms with Crippen LogP contribution in [-0.4, -0.2) is 42.4 Å². The fraction of sp³-hybridized carbons (Fsp3) is 0.357. The second kappa shape index (κ2) is 10.3. The van der Waals surface area contributed by atoms with Gasteiger partial charge in [0.05, 0.1) is 32.0 Å². The molecule has 184 valence electrons. The van der Waals surface area contributed by atoms with Crippen LogP contribution in [0.5, 0.6) is 23.1 Å². The highest BCUT2D eigenvalue weighted by atomic mass is 16.5. The molecular weight excluding hydrogens is 442 g/mol. The molecule has 0 aliphatic rings. The first-order valence-corrected chi connectivity index (χ1v) is 12.0. The van der Waals surface area contributed by atoms with Crippen molar-refractivity contribution in [1.82, 2.24) is 9.97 Å². The molecule has 2 aromatic carbocycles. The summed E-state index contributed by atoms with van der Waals surface area (Å²) in [5.41, 5.74) is 3.36. The van der Waals surface area contributed by atoms with Crippen LogP contribution < -0.4 is 19.5 Å². The van der Waals surface area contributed by atoms with Crippen molar-refractivity contribution in [3.05, 3.63) is 53.2 Å². The fourth-order valence-electron chi connectivity index (χ4n) is 4.42. The van der Waals surface area contributed by atoms with Gasteiger partial charge in [-0.25, -0.2) is 9.97 Å². The molecule has 0 saturated carbocycles. The molecule has 2 heterocycles. The van der Waals surface area contributed by atoms with E-state index in [0.717, 1.165) is 51.0 Å². The summed E-state index contributed by atoms with van der Waals surface area (Å²) >= 11 is 0. The van der Waals surface area contributed by atoms with Crippen LogP contribution in [0.3, 0.4) is 0 Å². The van der Waals surface area contributed by atoms with E-state index >= 15 is 0 Å². The van der Waals surface area contributed by atoms with E-state index in [9.17, 15) is 5.11 Å². The number of hydrogen-bond acceptors (Lipinski definition) is 7. The molecule has 0 atom stereocenters. The Balaban J connectivity index is 1.93. The molecule has 0 bridgehead atoms. The van der Waals surface area contributed by atoms with Gasteiger partial charge in [0, 0.05) is 29.3 Å². The Morgan fingerprint density at radius 2 is 1.66 bits per heavy atom. The molecule has 0 fully saturated rings. The van der Waals surface area contributed by atoms with Gasteiger partial charge in [-0.1, -0.05) is 13.8 Å². The van der Waals surface area contributed by atoms with Gasteiger partial charge in [-0.2, -0.15) is 0 Å². The number of aromatic nitrogens is 2. The number of anilines is 1. The molecular formula is C28H33N3O4.